The lowest BCUT2D eigenvalue weighted by molar-refractivity contribution is 0.196. The number of aromatic nitrogens is 4. The molecule has 2 heterocycles. The van der Waals surface area contributed by atoms with Crippen LogP contribution in [-0.4, -0.2) is 70.4 Å². The van der Waals surface area contributed by atoms with Gasteiger partial charge in [-0.2, -0.15) is 9.97 Å². The first-order valence-corrected chi connectivity index (χ1v) is 11.3. The van der Waals surface area contributed by atoms with E-state index in [1.807, 2.05) is 57.1 Å². The van der Waals surface area contributed by atoms with Crippen LogP contribution in [0.1, 0.15) is 13.8 Å². The minimum atomic E-state index is -0.0947. The number of hydrogen-bond donors (Lipinski definition) is 3. The molecule has 0 atom stereocenters. The van der Waals surface area contributed by atoms with Crippen molar-refractivity contribution in [2.24, 2.45) is 0 Å². The van der Waals surface area contributed by atoms with Crippen LogP contribution in [0.3, 0.4) is 0 Å². The van der Waals surface area contributed by atoms with Gasteiger partial charge in [0.15, 0.2) is 0 Å². The second kappa shape index (κ2) is 14.2. The third-order valence-electron chi connectivity index (χ3n) is 3.86. The van der Waals surface area contributed by atoms with Crippen LogP contribution in [0.5, 0.6) is 11.8 Å². The second-order valence-corrected chi connectivity index (χ2v) is 7.47. The summed E-state index contributed by atoms with van der Waals surface area (Å²) in [5.74, 6) is 1.70. The second-order valence-electron chi connectivity index (χ2n) is 6.62. The maximum Gasteiger partial charge on any atom is 0.232 e. The van der Waals surface area contributed by atoms with Gasteiger partial charge in [0.1, 0.15) is 13.2 Å². The minimum Gasteiger partial charge on any atom is -0.476 e. The first-order valence-electron chi connectivity index (χ1n) is 10.5. The highest BCUT2D eigenvalue weighted by molar-refractivity contribution is 9.10. The van der Waals surface area contributed by atoms with Crippen molar-refractivity contribution in [2.45, 2.75) is 13.8 Å². The lowest BCUT2D eigenvalue weighted by Crippen LogP contribution is -2.19. The molecule has 3 rings (SSSR count). The van der Waals surface area contributed by atoms with E-state index in [0.29, 0.717) is 34.7 Å². The van der Waals surface area contributed by atoms with Crippen molar-refractivity contribution in [3.05, 3.63) is 47.2 Å². The Bertz CT molecular complexity index is 974. The first-order chi connectivity index (χ1) is 16.0. The van der Waals surface area contributed by atoms with Crippen LogP contribution in [0.2, 0.25) is 0 Å². The number of aliphatic hydroxyl groups is 1. The van der Waals surface area contributed by atoms with Crippen molar-refractivity contribution in [2.75, 3.05) is 51.1 Å². The summed E-state index contributed by atoms with van der Waals surface area (Å²) in [4.78, 5) is 19.1. The zero-order valence-corrected chi connectivity index (χ0v) is 20.8. The molecule has 1 aromatic carbocycles. The molecule has 0 bridgehead atoms. The van der Waals surface area contributed by atoms with Crippen LogP contribution < -0.4 is 20.1 Å². The summed E-state index contributed by atoms with van der Waals surface area (Å²) in [6.07, 6.45) is 3.24. The number of anilines is 4. The molecule has 0 spiro atoms. The van der Waals surface area contributed by atoms with E-state index >= 15 is 0 Å². The number of halogens is 1. The van der Waals surface area contributed by atoms with E-state index in [0.717, 1.165) is 17.9 Å². The van der Waals surface area contributed by atoms with Crippen molar-refractivity contribution >= 4 is 39.2 Å². The van der Waals surface area contributed by atoms with Crippen LogP contribution in [0, 0.1) is 0 Å². The fourth-order valence-electron chi connectivity index (χ4n) is 2.37. The quantitative estimate of drug-likeness (QED) is 0.344. The van der Waals surface area contributed by atoms with Gasteiger partial charge in [-0.05, 0) is 54.3 Å². The summed E-state index contributed by atoms with van der Waals surface area (Å²) in [6, 6.07) is 9.24. The van der Waals surface area contributed by atoms with Crippen LogP contribution >= 0.6 is 15.9 Å². The molecule has 3 N–H and O–H groups in total. The van der Waals surface area contributed by atoms with E-state index in [1.165, 1.54) is 0 Å². The average Bonchev–Trinajstić information content (AvgIpc) is 2.82. The van der Waals surface area contributed by atoms with Crippen LogP contribution in [0.25, 0.3) is 0 Å². The molecule has 11 heteroatoms. The predicted octanol–water partition coefficient (Wildman–Crippen LogP) is 3.85. The number of rotatable bonds is 11. The van der Waals surface area contributed by atoms with Crippen molar-refractivity contribution in [3.8, 4) is 11.8 Å². The van der Waals surface area contributed by atoms with Gasteiger partial charge >= 0.3 is 0 Å². The number of ether oxygens (including phenoxy) is 2. The molecule has 0 fully saturated rings. The van der Waals surface area contributed by atoms with E-state index < -0.39 is 0 Å². The molecule has 33 heavy (non-hydrogen) atoms. The van der Waals surface area contributed by atoms with Crippen molar-refractivity contribution in [3.63, 3.8) is 0 Å². The van der Waals surface area contributed by atoms with Crippen molar-refractivity contribution in [1.29, 1.82) is 0 Å². The summed E-state index contributed by atoms with van der Waals surface area (Å²) in [5, 5.41) is 15.2. The maximum atomic E-state index is 8.90. The molecule has 10 nitrogen and oxygen atoms in total. The fraction of sp³-hybridized carbons (Fsp3) is 0.364. The standard InChI is InChI=1S/C20H24BrN7O3.C2H6/c1-28(2)9-11-30-17-7-8-22-19(26-17)24-14-3-5-15(6-4-14)25-20-23-13-16(21)18(27-20)31-12-10-29;1-2/h3-8,13,29H,9-12H2,1-2H3,(H,22,24,26)(H,23,25,27);1-2H3. The van der Waals surface area contributed by atoms with Crippen molar-refractivity contribution < 1.29 is 14.6 Å². The molecule has 0 aliphatic heterocycles. The number of hydrogen-bond acceptors (Lipinski definition) is 10. The normalized spacial score (nSPS) is 10.3. The Kier molecular flexibility index (Phi) is 11.3. The molecule has 2 aromatic heterocycles. The molecular weight excluding hydrogens is 490 g/mol. The van der Waals surface area contributed by atoms with E-state index in [9.17, 15) is 0 Å². The topological polar surface area (TPSA) is 118 Å². The van der Waals surface area contributed by atoms with Crippen LogP contribution in [-0.2, 0) is 0 Å². The Morgan fingerprint density at radius 3 is 2.15 bits per heavy atom. The summed E-state index contributed by atoms with van der Waals surface area (Å²) in [6.45, 7) is 5.41. The van der Waals surface area contributed by atoms with E-state index in [1.54, 1.807) is 18.5 Å². The zero-order chi connectivity index (χ0) is 24.1. The van der Waals surface area contributed by atoms with Gasteiger partial charge in [0.2, 0.25) is 23.7 Å². The molecule has 0 aliphatic carbocycles. The highest BCUT2D eigenvalue weighted by Gasteiger charge is 2.07. The molecule has 0 unspecified atom stereocenters. The largest absolute Gasteiger partial charge is 0.476 e. The van der Waals surface area contributed by atoms with E-state index in [4.69, 9.17) is 14.6 Å². The third kappa shape index (κ3) is 9.16. The first kappa shape index (κ1) is 26.2. The van der Waals surface area contributed by atoms with Crippen LogP contribution in [0.15, 0.2) is 47.2 Å². The fourth-order valence-corrected chi connectivity index (χ4v) is 2.67. The Morgan fingerprint density at radius 2 is 1.55 bits per heavy atom. The van der Waals surface area contributed by atoms with E-state index in [2.05, 4.69) is 46.5 Å². The summed E-state index contributed by atoms with van der Waals surface area (Å²) in [5.41, 5.74) is 1.61. The highest BCUT2D eigenvalue weighted by Crippen LogP contribution is 2.25. The molecule has 0 amide bonds. The lowest BCUT2D eigenvalue weighted by Gasteiger charge is -2.11. The zero-order valence-electron chi connectivity index (χ0n) is 19.2. The van der Waals surface area contributed by atoms with Crippen LogP contribution in [0.4, 0.5) is 23.3 Å². The van der Waals surface area contributed by atoms with Gasteiger partial charge in [-0.1, -0.05) is 13.8 Å². The van der Waals surface area contributed by atoms with E-state index in [-0.39, 0.29) is 13.2 Å². The molecule has 0 aliphatic rings. The summed E-state index contributed by atoms with van der Waals surface area (Å²) < 4.78 is 11.6. The van der Waals surface area contributed by atoms with Gasteiger partial charge < -0.3 is 30.1 Å². The number of nitrogens with one attached hydrogen (secondary N) is 2. The molecule has 0 saturated heterocycles. The Morgan fingerprint density at radius 1 is 0.909 bits per heavy atom. The molecule has 178 valence electrons. The third-order valence-corrected chi connectivity index (χ3v) is 4.40. The highest BCUT2D eigenvalue weighted by atomic mass is 79.9. The minimum absolute atomic E-state index is 0.0947. The SMILES string of the molecule is CC.CN(C)CCOc1ccnc(Nc2ccc(Nc3ncc(Br)c(OCCO)n3)cc2)n1. The lowest BCUT2D eigenvalue weighted by atomic mass is 10.3. The number of aliphatic hydroxyl groups excluding tert-OH is 1. The molecule has 0 radical (unpaired) electrons. The van der Waals surface area contributed by atoms with Crippen molar-refractivity contribution in [1.82, 2.24) is 24.8 Å². The van der Waals surface area contributed by atoms with Gasteiger partial charge in [-0.3, -0.25) is 0 Å². The number of benzene rings is 1. The van der Waals surface area contributed by atoms with Gasteiger partial charge in [0.25, 0.3) is 0 Å². The monoisotopic (exact) mass is 519 g/mol. The Labute approximate surface area is 202 Å². The summed E-state index contributed by atoms with van der Waals surface area (Å²) in [7, 11) is 3.98. The molecule has 3 aromatic rings. The average molecular weight is 520 g/mol. The molecular formula is C22H30BrN7O3. The smallest absolute Gasteiger partial charge is 0.232 e. The Balaban J connectivity index is 0.00000187. The Hall–Kier alpha value is -3.02. The summed E-state index contributed by atoms with van der Waals surface area (Å²) >= 11 is 3.32. The molecule has 0 saturated carbocycles. The van der Waals surface area contributed by atoms with Gasteiger partial charge in [-0.25, -0.2) is 9.97 Å². The van der Waals surface area contributed by atoms with Gasteiger partial charge in [0.05, 0.1) is 17.3 Å². The number of likely N-dealkylation sites (N-methyl/N-ethyl adjacent to an activating group) is 1. The number of nitrogens with zero attached hydrogens (tertiary/aromatic N) is 5. The van der Waals surface area contributed by atoms with Gasteiger partial charge in [0, 0.05) is 30.2 Å². The predicted molar refractivity (Wildman–Crippen MR) is 133 cm³/mol. The van der Waals surface area contributed by atoms with Gasteiger partial charge in [-0.15, -0.1) is 0 Å². The maximum absolute atomic E-state index is 8.90.